The Morgan fingerprint density at radius 3 is 3.00 bits per heavy atom. The fraction of sp³-hybridized carbons (Fsp3) is 0.214. The molecular weight excluding hydrogens is 275 g/mol. The van der Waals surface area contributed by atoms with E-state index in [4.69, 9.17) is 5.11 Å². The monoisotopic (exact) mass is 288 g/mol. The second kappa shape index (κ2) is 6.63. The fourth-order valence-electron chi connectivity index (χ4n) is 1.61. The Kier molecular flexibility index (Phi) is 4.64. The number of benzene rings is 1. The van der Waals surface area contributed by atoms with Gasteiger partial charge in [0, 0.05) is 5.56 Å². The molecule has 0 bridgehead atoms. The van der Waals surface area contributed by atoms with E-state index in [9.17, 15) is 9.18 Å². The van der Waals surface area contributed by atoms with Crippen LogP contribution in [-0.4, -0.2) is 32.4 Å². The standard InChI is InChI=1S/C14H13FN4O2/c1-10(19-9-16-8-17-19)14(21)18-13-5-4-11(3-2-6-20)7-12(13)15/h4-5,7-10,20H,6H2,1H3,(H,18,21). The molecule has 1 atom stereocenters. The average Bonchev–Trinajstić information content (AvgIpc) is 3.01. The van der Waals surface area contributed by atoms with Crippen molar-refractivity contribution in [2.24, 2.45) is 0 Å². The number of carbonyl (C=O) groups excluding carboxylic acids is 1. The van der Waals surface area contributed by atoms with E-state index in [1.54, 1.807) is 13.0 Å². The number of hydrogen-bond acceptors (Lipinski definition) is 4. The van der Waals surface area contributed by atoms with E-state index in [1.807, 2.05) is 0 Å². The zero-order valence-corrected chi connectivity index (χ0v) is 11.2. The normalized spacial score (nSPS) is 11.4. The van der Waals surface area contributed by atoms with Gasteiger partial charge in [0.25, 0.3) is 0 Å². The highest BCUT2D eigenvalue weighted by Gasteiger charge is 2.17. The van der Waals surface area contributed by atoms with Gasteiger partial charge in [-0.15, -0.1) is 0 Å². The Balaban J connectivity index is 2.11. The number of hydrogen-bond donors (Lipinski definition) is 2. The number of carbonyl (C=O) groups is 1. The molecule has 2 aromatic rings. The van der Waals surface area contributed by atoms with E-state index in [2.05, 4.69) is 27.2 Å². The molecule has 21 heavy (non-hydrogen) atoms. The van der Waals surface area contributed by atoms with Crippen LogP contribution in [0.4, 0.5) is 10.1 Å². The summed E-state index contributed by atoms with van der Waals surface area (Å²) in [6.07, 6.45) is 2.73. The van der Waals surface area contributed by atoms with Gasteiger partial charge >= 0.3 is 0 Å². The number of amides is 1. The predicted octanol–water partition coefficient (Wildman–Crippen LogP) is 0.961. The van der Waals surface area contributed by atoms with Gasteiger partial charge in [0.05, 0.1) is 5.69 Å². The number of rotatable bonds is 3. The molecule has 2 rings (SSSR count). The molecule has 1 heterocycles. The summed E-state index contributed by atoms with van der Waals surface area (Å²) in [7, 11) is 0. The van der Waals surface area contributed by atoms with E-state index in [0.717, 1.165) is 0 Å². The van der Waals surface area contributed by atoms with Crippen molar-refractivity contribution in [1.29, 1.82) is 0 Å². The molecule has 1 amide bonds. The van der Waals surface area contributed by atoms with Gasteiger partial charge in [0.2, 0.25) is 5.91 Å². The number of aliphatic hydroxyl groups excluding tert-OH is 1. The van der Waals surface area contributed by atoms with Gasteiger partial charge in [0.15, 0.2) is 0 Å². The van der Waals surface area contributed by atoms with Crippen LogP contribution >= 0.6 is 0 Å². The Morgan fingerprint density at radius 2 is 2.38 bits per heavy atom. The van der Waals surface area contributed by atoms with Crippen LogP contribution < -0.4 is 5.32 Å². The molecule has 1 aromatic carbocycles. The molecule has 0 aliphatic carbocycles. The summed E-state index contributed by atoms with van der Waals surface area (Å²) in [5.41, 5.74) is 0.477. The van der Waals surface area contributed by atoms with E-state index >= 15 is 0 Å². The summed E-state index contributed by atoms with van der Waals surface area (Å²) in [5.74, 6) is 4.00. The molecule has 0 saturated carbocycles. The third-order valence-corrected chi connectivity index (χ3v) is 2.75. The van der Waals surface area contributed by atoms with Crippen LogP contribution in [0.5, 0.6) is 0 Å². The Bertz CT molecular complexity index is 689. The SMILES string of the molecule is CC(C(=O)Nc1ccc(C#CCO)cc1F)n1cncn1. The van der Waals surface area contributed by atoms with Gasteiger partial charge in [0.1, 0.15) is 31.1 Å². The summed E-state index contributed by atoms with van der Waals surface area (Å²) in [6.45, 7) is 1.33. The third-order valence-electron chi connectivity index (χ3n) is 2.75. The van der Waals surface area contributed by atoms with Gasteiger partial charge in [-0.2, -0.15) is 5.10 Å². The first kappa shape index (κ1) is 14.7. The molecule has 0 saturated heterocycles. The summed E-state index contributed by atoms with van der Waals surface area (Å²) in [4.78, 5) is 15.7. The first-order valence-corrected chi connectivity index (χ1v) is 6.16. The largest absolute Gasteiger partial charge is 0.384 e. The lowest BCUT2D eigenvalue weighted by molar-refractivity contribution is -0.119. The number of anilines is 1. The molecule has 6 nitrogen and oxygen atoms in total. The molecule has 2 N–H and O–H groups in total. The molecule has 0 spiro atoms. The Labute approximate surface area is 120 Å². The van der Waals surface area contributed by atoms with Crippen molar-refractivity contribution in [3.8, 4) is 11.8 Å². The quantitative estimate of drug-likeness (QED) is 0.824. The Hall–Kier alpha value is -2.72. The lowest BCUT2D eigenvalue weighted by Gasteiger charge is -2.12. The van der Waals surface area contributed by atoms with Crippen LogP contribution in [0.25, 0.3) is 0 Å². The van der Waals surface area contributed by atoms with Crippen LogP contribution in [0, 0.1) is 17.7 Å². The highest BCUT2D eigenvalue weighted by Crippen LogP contribution is 2.17. The maximum atomic E-state index is 13.9. The molecule has 7 heteroatoms. The van der Waals surface area contributed by atoms with Gasteiger partial charge < -0.3 is 10.4 Å². The zero-order chi connectivity index (χ0) is 15.2. The number of nitrogens with zero attached hydrogens (tertiary/aromatic N) is 3. The van der Waals surface area contributed by atoms with Gasteiger partial charge in [-0.1, -0.05) is 11.8 Å². The van der Waals surface area contributed by atoms with Crippen LogP contribution in [0.15, 0.2) is 30.9 Å². The minimum atomic E-state index is -0.610. The fourth-order valence-corrected chi connectivity index (χ4v) is 1.61. The smallest absolute Gasteiger partial charge is 0.249 e. The molecule has 0 aliphatic rings. The zero-order valence-electron chi connectivity index (χ0n) is 11.2. The second-order valence-electron chi connectivity index (χ2n) is 4.20. The molecule has 108 valence electrons. The van der Waals surface area contributed by atoms with Crippen LogP contribution in [0.3, 0.4) is 0 Å². The number of aliphatic hydroxyl groups is 1. The van der Waals surface area contributed by atoms with Crippen LogP contribution in [-0.2, 0) is 4.79 Å². The van der Waals surface area contributed by atoms with E-state index in [0.29, 0.717) is 5.56 Å². The first-order chi connectivity index (χ1) is 10.1. The summed E-state index contributed by atoms with van der Waals surface area (Å²) < 4.78 is 15.2. The molecule has 0 fully saturated rings. The Morgan fingerprint density at radius 1 is 1.57 bits per heavy atom. The lowest BCUT2D eigenvalue weighted by Crippen LogP contribution is -2.24. The lowest BCUT2D eigenvalue weighted by atomic mass is 10.2. The van der Waals surface area contributed by atoms with Crippen molar-refractivity contribution >= 4 is 11.6 Å². The molecule has 1 aromatic heterocycles. The van der Waals surface area contributed by atoms with Crippen LogP contribution in [0.1, 0.15) is 18.5 Å². The van der Waals surface area contributed by atoms with Crippen molar-refractivity contribution in [1.82, 2.24) is 14.8 Å². The molecule has 1 unspecified atom stereocenters. The van der Waals surface area contributed by atoms with Crippen molar-refractivity contribution in [3.05, 3.63) is 42.2 Å². The second-order valence-corrected chi connectivity index (χ2v) is 4.20. The van der Waals surface area contributed by atoms with Crippen LogP contribution in [0.2, 0.25) is 0 Å². The van der Waals surface area contributed by atoms with Gasteiger partial charge in [-0.05, 0) is 25.1 Å². The van der Waals surface area contributed by atoms with E-state index in [-0.39, 0.29) is 12.3 Å². The van der Waals surface area contributed by atoms with Crippen molar-refractivity contribution in [2.75, 3.05) is 11.9 Å². The predicted molar refractivity (Wildman–Crippen MR) is 73.7 cm³/mol. The topological polar surface area (TPSA) is 80.0 Å². The number of nitrogens with one attached hydrogen (secondary N) is 1. The summed E-state index contributed by atoms with van der Waals surface area (Å²) in [6, 6.07) is 3.56. The molecule has 0 aliphatic heterocycles. The highest BCUT2D eigenvalue weighted by atomic mass is 19.1. The number of aromatic nitrogens is 3. The maximum absolute atomic E-state index is 13.9. The molecule has 0 radical (unpaired) electrons. The highest BCUT2D eigenvalue weighted by molar-refractivity contribution is 5.93. The van der Waals surface area contributed by atoms with Gasteiger partial charge in [-0.3, -0.25) is 4.79 Å². The minimum Gasteiger partial charge on any atom is -0.384 e. The first-order valence-electron chi connectivity index (χ1n) is 6.16. The number of halogens is 1. The van der Waals surface area contributed by atoms with Crippen molar-refractivity contribution < 1.29 is 14.3 Å². The van der Waals surface area contributed by atoms with E-state index in [1.165, 1.54) is 29.5 Å². The summed E-state index contributed by atoms with van der Waals surface area (Å²) in [5, 5.41) is 14.9. The van der Waals surface area contributed by atoms with Crippen molar-refractivity contribution in [3.63, 3.8) is 0 Å². The molecular formula is C14H13FN4O2. The van der Waals surface area contributed by atoms with Crippen molar-refractivity contribution in [2.45, 2.75) is 13.0 Å². The average molecular weight is 288 g/mol. The van der Waals surface area contributed by atoms with Gasteiger partial charge in [-0.25, -0.2) is 14.1 Å². The summed E-state index contributed by atoms with van der Waals surface area (Å²) >= 11 is 0. The third kappa shape index (κ3) is 3.64. The van der Waals surface area contributed by atoms with E-state index < -0.39 is 17.8 Å². The maximum Gasteiger partial charge on any atom is 0.249 e. The minimum absolute atomic E-state index is 0.0570.